The Kier molecular flexibility index (Phi) is 6.50. The van der Waals surface area contributed by atoms with Crippen LogP contribution in [-0.2, 0) is 15.7 Å². The predicted molar refractivity (Wildman–Crippen MR) is 111 cm³/mol. The molecule has 3 rings (SSSR count). The number of halogens is 4. The van der Waals surface area contributed by atoms with Gasteiger partial charge in [0.2, 0.25) is 0 Å². The molecule has 1 heterocycles. The lowest BCUT2D eigenvalue weighted by Crippen LogP contribution is -2.23. The summed E-state index contributed by atoms with van der Waals surface area (Å²) >= 11 is 5.63. The first kappa shape index (κ1) is 22.6. The van der Waals surface area contributed by atoms with E-state index in [4.69, 9.17) is 16.3 Å². The van der Waals surface area contributed by atoms with Crippen LogP contribution in [-0.4, -0.2) is 23.5 Å². The molecule has 5 nitrogen and oxygen atoms in total. The van der Waals surface area contributed by atoms with Gasteiger partial charge >= 0.3 is 12.1 Å². The van der Waals surface area contributed by atoms with E-state index in [0.717, 1.165) is 6.07 Å². The van der Waals surface area contributed by atoms with Gasteiger partial charge in [-0.1, -0.05) is 43.6 Å². The average Bonchev–Trinajstić information content (AvgIpc) is 2.71. The van der Waals surface area contributed by atoms with Crippen LogP contribution in [0.2, 0.25) is 5.02 Å². The van der Waals surface area contributed by atoms with E-state index in [2.05, 4.69) is 10.3 Å². The Morgan fingerprint density at radius 3 is 2.52 bits per heavy atom. The van der Waals surface area contributed by atoms with Crippen LogP contribution in [0.1, 0.15) is 41.4 Å². The highest BCUT2D eigenvalue weighted by molar-refractivity contribution is 6.30. The molecule has 2 aromatic carbocycles. The zero-order valence-corrected chi connectivity index (χ0v) is 17.3. The first-order valence-electron chi connectivity index (χ1n) is 9.29. The number of nitrogens with one attached hydrogen (secondary N) is 1. The van der Waals surface area contributed by atoms with Gasteiger partial charge in [0.05, 0.1) is 22.3 Å². The number of alkyl halides is 3. The number of carbonyl (C=O) groups is 2. The van der Waals surface area contributed by atoms with E-state index in [1.807, 2.05) is 13.8 Å². The minimum absolute atomic E-state index is 0.0464. The van der Waals surface area contributed by atoms with E-state index < -0.39 is 35.9 Å². The standard InChI is InChI=1S/C22H18ClF3N2O3/c1-12(2)19-10-15(14-5-3-4-6-17(14)27-19)21(30)31-11-20(29)28-18-8-7-13(23)9-16(18)22(24,25)26/h3-10,12H,11H2,1-2H3,(H,28,29). The number of nitrogens with zero attached hydrogens (tertiary/aromatic N) is 1. The number of benzene rings is 2. The van der Waals surface area contributed by atoms with Crippen LogP contribution in [0.15, 0.2) is 48.5 Å². The monoisotopic (exact) mass is 450 g/mol. The summed E-state index contributed by atoms with van der Waals surface area (Å²) in [6, 6.07) is 11.5. The topological polar surface area (TPSA) is 68.3 Å². The van der Waals surface area contributed by atoms with Crippen molar-refractivity contribution in [1.29, 1.82) is 0 Å². The van der Waals surface area contributed by atoms with Crippen LogP contribution in [0.4, 0.5) is 18.9 Å². The van der Waals surface area contributed by atoms with Gasteiger partial charge in [-0.15, -0.1) is 0 Å². The summed E-state index contributed by atoms with van der Waals surface area (Å²) in [5.74, 6) is -1.64. The first-order valence-corrected chi connectivity index (χ1v) is 9.67. The summed E-state index contributed by atoms with van der Waals surface area (Å²) in [6.07, 6.45) is -4.71. The highest BCUT2D eigenvalue weighted by atomic mass is 35.5. The molecular weight excluding hydrogens is 433 g/mol. The Hall–Kier alpha value is -3.13. The molecule has 0 spiro atoms. The number of hydrogen-bond acceptors (Lipinski definition) is 4. The van der Waals surface area contributed by atoms with Crippen LogP contribution >= 0.6 is 11.6 Å². The van der Waals surface area contributed by atoms with Crippen molar-refractivity contribution in [3.8, 4) is 0 Å². The molecule has 1 aromatic heterocycles. The lowest BCUT2D eigenvalue weighted by Gasteiger charge is -2.14. The van der Waals surface area contributed by atoms with Crippen molar-refractivity contribution in [1.82, 2.24) is 4.98 Å². The maximum Gasteiger partial charge on any atom is 0.418 e. The zero-order chi connectivity index (χ0) is 22.8. The molecule has 1 N–H and O–H groups in total. The van der Waals surface area contributed by atoms with Crippen LogP contribution in [0, 0.1) is 0 Å². The van der Waals surface area contributed by atoms with E-state index in [0.29, 0.717) is 22.7 Å². The van der Waals surface area contributed by atoms with Gasteiger partial charge in [-0.3, -0.25) is 9.78 Å². The number of aromatic nitrogens is 1. The minimum Gasteiger partial charge on any atom is -0.452 e. The summed E-state index contributed by atoms with van der Waals surface area (Å²) in [6.45, 7) is 3.08. The van der Waals surface area contributed by atoms with Crippen molar-refractivity contribution in [2.75, 3.05) is 11.9 Å². The third-order valence-corrected chi connectivity index (χ3v) is 4.68. The summed E-state index contributed by atoms with van der Waals surface area (Å²) in [5.41, 5.74) is -0.0764. The molecule has 0 aliphatic carbocycles. The molecule has 9 heteroatoms. The van der Waals surface area contributed by atoms with Gasteiger partial charge in [-0.2, -0.15) is 13.2 Å². The minimum atomic E-state index is -4.71. The summed E-state index contributed by atoms with van der Waals surface area (Å²) in [7, 11) is 0. The third-order valence-electron chi connectivity index (χ3n) is 4.44. The smallest absolute Gasteiger partial charge is 0.418 e. The molecule has 0 atom stereocenters. The average molecular weight is 451 g/mol. The SMILES string of the molecule is CC(C)c1cc(C(=O)OCC(=O)Nc2ccc(Cl)cc2C(F)(F)F)c2ccccc2n1. The van der Waals surface area contributed by atoms with Gasteiger partial charge in [0.15, 0.2) is 6.61 Å². The van der Waals surface area contributed by atoms with Gasteiger partial charge in [-0.05, 0) is 36.2 Å². The third kappa shape index (κ3) is 5.32. The first-order chi connectivity index (χ1) is 14.6. The van der Waals surface area contributed by atoms with Crippen molar-refractivity contribution in [3.63, 3.8) is 0 Å². The van der Waals surface area contributed by atoms with Crippen LogP contribution in [0.5, 0.6) is 0 Å². The molecule has 1 amide bonds. The number of rotatable bonds is 5. The van der Waals surface area contributed by atoms with Crippen LogP contribution in [0.25, 0.3) is 10.9 Å². The van der Waals surface area contributed by atoms with Gasteiger partial charge in [0.25, 0.3) is 5.91 Å². The van der Waals surface area contributed by atoms with Gasteiger partial charge < -0.3 is 10.1 Å². The summed E-state index contributed by atoms with van der Waals surface area (Å²) < 4.78 is 44.6. The Morgan fingerprint density at radius 2 is 1.84 bits per heavy atom. The Bertz CT molecular complexity index is 1150. The van der Waals surface area contributed by atoms with E-state index in [9.17, 15) is 22.8 Å². The largest absolute Gasteiger partial charge is 0.452 e. The number of anilines is 1. The van der Waals surface area contributed by atoms with E-state index in [1.165, 1.54) is 6.07 Å². The van der Waals surface area contributed by atoms with Crippen molar-refractivity contribution in [2.24, 2.45) is 0 Å². The highest BCUT2D eigenvalue weighted by Crippen LogP contribution is 2.36. The summed E-state index contributed by atoms with van der Waals surface area (Å²) in [5, 5.41) is 2.54. The second kappa shape index (κ2) is 8.93. The van der Waals surface area contributed by atoms with Gasteiger partial charge in [0, 0.05) is 16.1 Å². The number of hydrogen-bond donors (Lipinski definition) is 1. The van der Waals surface area contributed by atoms with Crippen molar-refractivity contribution in [3.05, 3.63) is 70.4 Å². The number of ether oxygens (including phenoxy) is 1. The van der Waals surface area contributed by atoms with E-state index in [1.54, 1.807) is 30.3 Å². The van der Waals surface area contributed by atoms with E-state index >= 15 is 0 Å². The molecule has 0 aliphatic heterocycles. The maximum atomic E-state index is 13.2. The number of amides is 1. The molecular formula is C22H18ClF3N2O3. The molecule has 0 fully saturated rings. The van der Waals surface area contributed by atoms with Gasteiger partial charge in [-0.25, -0.2) is 4.79 Å². The van der Waals surface area contributed by atoms with Crippen molar-refractivity contribution >= 4 is 40.1 Å². The van der Waals surface area contributed by atoms with Gasteiger partial charge in [0.1, 0.15) is 0 Å². The molecule has 3 aromatic rings. The molecule has 31 heavy (non-hydrogen) atoms. The number of esters is 1. The lowest BCUT2D eigenvalue weighted by molar-refractivity contribution is -0.137. The molecule has 0 radical (unpaired) electrons. The molecule has 0 aliphatic rings. The second-order valence-corrected chi connectivity index (χ2v) is 7.51. The fraction of sp³-hybridized carbons (Fsp3) is 0.227. The normalized spacial score (nSPS) is 11.6. The Balaban J connectivity index is 1.77. The molecule has 0 bridgehead atoms. The lowest BCUT2D eigenvalue weighted by atomic mass is 10.0. The Labute approximate surface area is 181 Å². The Morgan fingerprint density at radius 1 is 1.13 bits per heavy atom. The molecule has 0 saturated heterocycles. The predicted octanol–water partition coefficient (Wildman–Crippen LogP) is 5.83. The second-order valence-electron chi connectivity index (χ2n) is 7.08. The molecule has 0 saturated carbocycles. The number of pyridine rings is 1. The summed E-state index contributed by atoms with van der Waals surface area (Å²) in [4.78, 5) is 29.3. The van der Waals surface area contributed by atoms with Crippen molar-refractivity contribution < 1.29 is 27.5 Å². The quantitative estimate of drug-likeness (QED) is 0.497. The van der Waals surface area contributed by atoms with Crippen molar-refractivity contribution in [2.45, 2.75) is 25.9 Å². The van der Waals surface area contributed by atoms with Crippen LogP contribution in [0.3, 0.4) is 0 Å². The zero-order valence-electron chi connectivity index (χ0n) is 16.6. The maximum absolute atomic E-state index is 13.2. The highest BCUT2D eigenvalue weighted by Gasteiger charge is 2.34. The van der Waals surface area contributed by atoms with Crippen LogP contribution < -0.4 is 5.32 Å². The van der Waals surface area contributed by atoms with E-state index in [-0.39, 0.29) is 16.5 Å². The fourth-order valence-corrected chi connectivity index (χ4v) is 3.09. The number of carbonyl (C=O) groups excluding carboxylic acids is 2. The molecule has 162 valence electrons. The number of fused-ring (bicyclic) bond motifs is 1. The molecule has 0 unspecified atom stereocenters. The number of para-hydroxylation sites is 1. The fourth-order valence-electron chi connectivity index (χ4n) is 2.92.